The summed E-state index contributed by atoms with van der Waals surface area (Å²) in [5.74, 6) is 2.48. The molecule has 0 saturated carbocycles. The first-order chi connectivity index (χ1) is 17.0. The van der Waals surface area contributed by atoms with Crippen LogP contribution in [0.3, 0.4) is 0 Å². The van der Waals surface area contributed by atoms with Crippen molar-refractivity contribution in [1.29, 1.82) is 0 Å². The van der Waals surface area contributed by atoms with Crippen molar-refractivity contribution in [2.24, 2.45) is 0 Å². The van der Waals surface area contributed by atoms with E-state index in [9.17, 15) is 4.79 Å². The topological polar surface area (TPSA) is 65.0 Å². The maximum atomic E-state index is 13.2. The van der Waals surface area contributed by atoms with Gasteiger partial charge in [0.1, 0.15) is 11.6 Å². The third kappa shape index (κ3) is 5.08. The average Bonchev–Trinajstić information content (AvgIpc) is 2.92. The minimum absolute atomic E-state index is 0.0168. The molecule has 2 aromatic rings. The molecule has 8 heteroatoms. The van der Waals surface area contributed by atoms with Crippen LogP contribution in [0.25, 0.3) is 0 Å². The molecule has 188 valence electrons. The van der Waals surface area contributed by atoms with E-state index in [1.807, 2.05) is 37.2 Å². The summed E-state index contributed by atoms with van der Waals surface area (Å²) in [5.41, 5.74) is 2.78. The fourth-order valence-corrected chi connectivity index (χ4v) is 5.72. The number of carbonyl (C=O) groups excluding carboxylic acids is 1. The van der Waals surface area contributed by atoms with Crippen LogP contribution in [0.2, 0.25) is 0 Å². The van der Waals surface area contributed by atoms with E-state index in [1.54, 1.807) is 13.2 Å². The van der Waals surface area contributed by atoms with Crippen molar-refractivity contribution < 1.29 is 9.53 Å². The summed E-state index contributed by atoms with van der Waals surface area (Å²) in [6.07, 6.45) is 7.18. The lowest BCUT2D eigenvalue weighted by atomic mass is 10.00. The minimum atomic E-state index is 0.0168. The number of benzene rings is 1. The summed E-state index contributed by atoms with van der Waals surface area (Å²) in [4.78, 5) is 32.3. The van der Waals surface area contributed by atoms with E-state index in [0.717, 1.165) is 42.5 Å². The van der Waals surface area contributed by atoms with Gasteiger partial charge in [-0.3, -0.25) is 4.79 Å². The van der Waals surface area contributed by atoms with Crippen LogP contribution in [0.5, 0.6) is 5.75 Å². The number of likely N-dealkylation sites (tertiary alicyclic amines) is 1. The highest BCUT2D eigenvalue weighted by Crippen LogP contribution is 2.30. The predicted molar refractivity (Wildman–Crippen MR) is 138 cm³/mol. The van der Waals surface area contributed by atoms with Crippen LogP contribution in [0, 0.1) is 0 Å². The second-order valence-electron chi connectivity index (χ2n) is 10.2. The Morgan fingerprint density at radius 3 is 2.51 bits per heavy atom. The predicted octanol–water partition coefficient (Wildman–Crippen LogP) is 3.20. The van der Waals surface area contributed by atoms with Crippen molar-refractivity contribution in [3.05, 3.63) is 41.1 Å². The second kappa shape index (κ2) is 10.4. The van der Waals surface area contributed by atoms with E-state index in [-0.39, 0.29) is 5.91 Å². The minimum Gasteiger partial charge on any atom is -0.497 e. The molecular weight excluding hydrogens is 440 g/mol. The van der Waals surface area contributed by atoms with Crippen LogP contribution in [0.4, 0.5) is 11.8 Å². The van der Waals surface area contributed by atoms with Gasteiger partial charge in [-0.1, -0.05) is 12.5 Å². The van der Waals surface area contributed by atoms with Gasteiger partial charge in [-0.15, -0.1) is 0 Å². The van der Waals surface area contributed by atoms with Gasteiger partial charge in [0.2, 0.25) is 5.95 Å². The number of anilines is 2. The van der Waals surface area contributed by atoms with Crippen molar-refractivity contribution in [1.82, 2.24) is 19.8 Å². The molecule has 0 spiro atoms. The smallest absolute Gasteiger partial charge is 0.254 e. The summed E-state index contributed by atoms with van der Waals surface area (Å²) in [7, 11) is 5.67. The zero-order chi connectivity index (χ0) is 24.4. The number of aromatic nitrogens is 2. The summed E-state index contributed by atoms with van der Waals surface area (Å²) < 4.78 is 5.31. The highest BCUT2D eigenvalue weighted by atomic mass is 16.5. The Morgan fingerprint density at radius 1 is 1.03 bits per heavy atom. The molecule has 3 aliphatic heterocycles. The van der Waals surface area contributed by atoms with Crippen molar-refractivity contribution >= 4 is 17.7 Å². The number of rotatable bonds is 5. The van der Waals surface area contributed by atoms with E-state index in [2.05, 4.69) is 14.7 Å². The van der Waals surface area contributed by atoms with Crippen LogP contribution < -0.4 is 14.5 Å². The zero-order valence-electron chi connectivity index (χ0n) is 21.4. The summed E-state index contributed by atoms with van der Waals surface area (Å²) in [6.45, 7) is 5.71. The summed E-state index contributed by atoms with van der Waals surface area (Å²) >= 11 is 0. The molecule has 1 aromatic carbocycles. The highest BCUT2D eigenvalue weighted by Gasteiger charge is 2.30. The molecule has 3 aliphatic rings. The first kappa shape index (κ1) is 23.9. The lowest BCUT2D eigenvalue weighted by molar-refractivity contribution is 0.0733. The van der Waals surface area contributed by atoms with Gasteiger partial charge < -0.3 is 24.3 Å². The Bertz CT molecular complexity index is 1040. The molecule has 35 heavy (non-hydrogen) atoms. The lowest BCUT2D eigenvalue weighted by Crippen LogP contribution is -2.47. The number of amides is 1. The van der Waals surface area contributed by atoms with E-state index in [1.165, 1.54) is 45.2 Å². The number of ether oxygens (including phenoxy) is 1. The molecular formula is C27H38N6O2. The third-order valence-corrected chi connectivity index (χ3v) is 7.71. The molecule has 5 rings (SSSR count). The van der Waals surface area contributed by atoms with Crippen molar-refractivity contribution in [3.8, 4) is 5.75 Å². The molecule has 2 saturated heterocycles. The normalized spacial score (nSPS) is 19.4. The number of fused-ring (bicyclic) bond motifs is 1. The maximum absolute atomic E-state index is 13.2. The number of nitrogens with zero attached hydrogens (tertiary/aromatic N) is 6. The molecule has 0 N–H and O–H groups in total. The first-order valence-electron chi connectivity index (χ1n) is 13.0. The van der Waals surface area contributed by atoms with Gasteiger partial charge in [0.15, 0.2) is 0 Å². The molecule has 2 fully saturated rings. The fraction of sp³-hybridized carbons (Fsp3) is 0.593. The van der Waals surface area contributed by atoms with Crippen molar-refractivity contribution in [2.45, 2.75) is 51.1 Å². The fourth-order valence-electron chi connectivity index (χ4n) is 5.72. The number of hydrogen-bond donors (Lipinski definition) is 0. The number of piperidine rings is 2. The second-order valence-corrected chi connectivity index (χ2v) is 10.2. The van der Waals surface area contributed by atoms with Gasteiger partial charge >= 0.3 is 0 Å². The first-order valence-corrected chi connectivity index (χ1v) is 13.0. The van der Waals surface area contributed by atoms with Crippen LogP contribution in [-0.4, -0.2) is 85.6 Å². The maximum Gasteiger partial charge on any atom is 0.254 e. The van der Waals surface area contributed by atoms with Gasteiger partial charge in [-0.2, -0.15) is 4.98 Å². The van der Waals surface area contributed by atoms with Crippen LogP contribution in [0.1, 0.15) is 53.7 Å². The Balaban J connectivity index is 1.31. The zero-order valence-corrected chi connectivity index (χ0v) is 21.4. The van der Waals surface area contributed by atoms with E-state index >= 15 is 0 Å². The third-order valence-electron chi connectivity index (χ3n) is 7.71. The Hall–Kier alpha value is -2.87. The largest absolute Gasteiger partial charge is 0.497 e. The number of carbonyl (C=O) groups is 1. The lowest BCUT2D eigenvalue weighted by Gasteiger charge is -2.40. The van der Waals surface area contributed by atoms with Gasteiger partial charge in [0, 0.05) is 57.3 Å². The van der Waals surface area contributed by atoms with E-state index in [4.69, 9.17) is 14.7 Å². The Morgan fingerprint density at radius 2 is 1.80 bits per heavy atom. The molecule has 0 unspecified atom stereocenters. The molecule has 0 radical (unpaired) electrons. The molecule has 0 aliphatic carbocycles. The van der Waals surface area contributed by atoms with E-state index < -0.39 is 0 Å². The summed E-state index contributed by atoms with van der Waals surface area (Å²) in [6, 6.07) is 8.07. The quantitative estimate of drug-likeness (QED) is 0.654. The molecule has 0 bridgehead atoms. The molecule has 1 amide bonds. The highest BCUT2D eigenvalue weighted by molar-refractivity contribution is 5.94. The van der Waals surface area contributed by atoms with Crippen LogP contribution >= 0.6 is 0 Å². The molecule has 0 atom stereocenters. The van der Waals surface area contributed by atoms with Crippen LogP contribution in [-0.2, 0) is 13.0 Å². The molecule has 4 heterocycles. The average molecular weight is 479 g/mol. The van der Waals surface area contributed by atoms with Crippen molar-refractivity contribution in [2.75, 3.05) is 63.7 Å². The number of hydrogen-bond acceptors (Lipinski definition) is 7. The van der Waals surface area contributed by atoms with Gasteiger partial charge in [-0.05, 0) is 57.0 Å². The Kier molecular flexibility index (Phi) is 7.09. The van der Waals surface area contributed by atoms with Crippen molar-refractivity contribution in [3.63, 3.8) is 0 Å². The van der Waals surface area contributed by atoms with E-state index in [0.29, 0.717) is 30.4 Å². The van der Waals surface area contributed by atoms with Gasteiger partial charge in [-0.25, -0.2) is 4.98 Å². The standard InChI is InChI=1S/C27H38N6O2/c1-30(2)25-23-19-33(26(34)20-8-7-9-22(18-20)35-3)17-12-24(23)28-27(29-25)32-15-10-21(11-16-32)31-13-5-4-6-14-31/h7-9,18,21H,4-6,10-17,19H2,1-3H3. The monoisotopic (exact) mass is 478 g/mol. The van der Waals surface area contributed by atoms with Gasteiger partial charge in [0.05, 0.1) is 19.3 Å². The van der Waals surface area contributed by atoms with Gasteiger partial charge in [0.25, 0.3) is 5.91 Å². The molecule has 1 aromatic heterocycles. The number of methoxy groups -OCH3 is 1. The summed E-state index contributed by atoms with van der Waals surface area (Å²) in [5, 5.41) is 0. The molecule has 8 nitrogen and oxygen atoms in total. The SMILES string of the molecule is COc1cccc(C(=O)N2CCc3nc(N4CCC(N5CCCCC5)CC4)nc(N(C)C)c3C2)c1. The van der Waals surface area contributed by atoms with Crippen LogP contribution in [0.15, 0.2) is 24.3 Å². The Labute approximate surface area is 208 Å².